The van der Waals surface area contributed by atoms with Crippen molar-refractivity contribution >= 4 is 22.8 Å². The second-order valence-electron chi connectivity index (χ2n) is 5.69. The van der Waals surface area contributed by atoms with E-state index in [1.807, 2.05) is 31.5 Å². The minimum Gasteiger partial charge on any atom is -0.481 e. The zero-order valence-corrected chi connectivity index (χ0v) is 13.7. The zero-order valence-electron chi connectivity index (χ0n) is 13.7. The summed E-state index contributed by atoms with van der Waals surface area (Å²) in [4.78, 5) is 27.5. The summed E-state index contributed by atoms with van der Waals surface area (Å²) in [6, 6.07) is 5.37. The van der Waals surface area contributed by atoms with Gasteiger partial charge in [0.05, 0.1) is 12.8 Å². The van der Waals surface area contributed by atoms with Gasteiger partial charge >= 0.3 is 11.9 Å². The van der Waals surface area contributed by atoms with Crippen LogP contribution in [0.25, 0.3) is 10.9 Å². The summed E-state index contributed by atoms with van der Waals surface area (Å²) in [7, 11) is 2.03. The number of carbonyl (C=O) groups is 2. The van der Waals surface area contributed by atoms with Gasteiger partial charge < -0.3 is 19.7 Å². The number of hydrogen-bond acceptors (Lipinski definition) is 4. The molecule has 0 aliphatic rings. The maximum atomic E-state index is 11.7. The third-order valence-corrected chi connectivity index (χ3v) is 3.72. The Morgan fingerprint density at radius 1 is 1.38 bits per heavy atom. The van der Waals surface area contributed by atoms with Gasteiger partial charge in [-0.25, -0.2) is 0 Å². The van der Waals surface area contributed by atoms with Crippen LogP contribution in [0.15, 0.2) is 37.1 Å². The lowest BCUT2D eigenvalue weighted by Crippen LogP contribution is -2.20. The molecule has 0 saturated heterocycles. The number of nitrogens with zero attached hydrogens (tertiary/aromatic N) is 1. The molecule has 0 radical (unpaired) electrons. The van der Waals surface area contributed by atoms with E-state index < -0.39 is 11.9 Å². The van der Waals surface area contributed by atoms with Gasteiger partial charge in [-0.3, -0.25) is 9.59 Å². The van der Waals surface area contributed by atoms with Gasteiger partial charge in [0.15, 0.2) is 0 Å². The number of carboxylic acid groups (broad SMARTS) is 1. The van der Waals surface area contributed by atoms with Gasteiger partial charge in [-0.05, 0) is 37.2 Å². The van der Waals surface area contributed by atoms with Gasteiger partial charge in [0, 0.05) is 30.2 Å². The van der Waals surface area contributed by atoms with Crippen molar-refractivity contribution in [3.8, 4) is 5.75 Å². The molecule has 0 spiro atoms. The highest BCUT2D eigenvalue weighted by atomic mass is 16.5. The van der Waals surface area contributed by atoms with Crippen LogP contribution in [0.5, 0.6) is 5.75 Å². The summed E-state index contributed by atoms with van der Waals surface area (Å²) in [5.74, 6) is -1.13. The van der Waals surface area contributed by atoms with Crippen LogP contribution in [0.3, 0.4) is 0 Å². The Hall–Kier alpha value is -2.60. The van der Waals surface area contributed by atoms with Crippen molar-refractivity contribution in [1.29, 1.82) is 0 Å². The number of fused-ring (bicyclic) bond motifs is 1. The number of carboxylic acids is 1. The maximum absolute atomic E-state index is 11.7. The summed E-state index contributed by atoms with van der Waals surface area (Å²) in [6.07, 6.45) is 4.32. The van der Waals surface area contributed by atoms with Gasteiger partial charge in [0.25, 0.3) is 0 Å². The number of likely N-dealkylation sites (N-methyl/N-ethyl adjacent to an activating group) is 1. The first-order valence-corrected chi connectivity index (χ1v) is 7.81. The number of rotatable bonds is 9. The molecule has 6 heteroatoms. The normalized spacial score (nSPS) is 10.9. The zero-order chi connectivity index (χ0) is 17.5. The molecule has 1 aromatic heterocycles. The standard InChI is InChI=1S/C18H22N2O4/c1-3-9-20(2)10-8-13-12-19-16-5-4-14(11-15(13)16)24-18(23)7-6-17(21)22/h3-5,11-12,19H,1,6-10H2,2H3,(H,21,22). The monoisotopic (exact) mass is 330 g/mol. The lowest BCUT2D eigenvalue weighted by atomic mass is 10.1. The summed E-state index contributed by atoms with van der Waals surface area (Å²) >= 11 is 0. The molecule has 0 aliphatic heterocycles. The fourth-order valence-electron chi connectivity index (χ4n) is 2.44. The van der Waals surface area contributed by atoms with Crippen molar-refractivity contribution in [2.45, 2.75) is 19.3 Å². The van der Waals surface area contributed by atoms with Crippen LogP contribution in [-0.2, 0) is 16.0 Å². The predicted molar refractivity (Wildman–Crippen MR) is 92.2 cm³/mol. The number of carbonyl (C=O) groups excluding carboxylic acids is 1. The second-order valence-corrected chi connectivity index (χ2v) is 5.69. The van der Waals surface area contributed by atoms with E-state index in [0.717, 1.165) is 36.0 Å². The molecule has 0 saturated carbocycles. The fraction of sp³-hybridized carbons (Fsp3) is 0.333. The minimum atomic E-state index is -1.01. The molecule has 0 fully saturated rings. The van der Waals surface area contributed by atoms with Crippen LogP contribution in [0, 0.1) is 0 Å². The van der Waals surface area contributed by atoms with Crippen molar-refractivity contribution in [2.24, 2.45) is 0 Å². The number of aliphatic carboxylic acids is 1. The number of benzene rings is 1. The van der Waals surface area contributed by atoms with Crippen molar-refractivity contribution in [3.05, 3.63) is 42.6 Å². The van der Waals surface area contributed by atoms with E-state index in [9.17, 15) is 9.59 Å². The van der Waals surface area contributed by atoms with Crippen LogP contribution in [0.1, 0.15) is 18.4 Å². The van der Waals surface area contributed by atoms with Crippen molar-refractivity contribution in [1.82, 2.24) is 9.88 Å². The largest absolute Gasteiger partial charge is 0.481 e. The number of H-pyrrole nitrogens is 1. The molecule has 0 bridgehead atoms. The van der Waals surface area contributed by atoms with E-state index in [1.165, 1.54) is 0 Å². The average Bonchev–Trinajstić information content (AvgIpc) is 2.94. The summed E-state index contributed by atoms with van der Waals surface area (Å²) in [5.41, 5.74) is 2.12. The number of aromatic amines is 1. The summed E-state index contributed by atoms with van der Waals surface area (Å²) in [6.45, 7) is 5.45. The van der Waals surface area contributed by atoms with Gasteiger partial charge in [-0.2, -0.15) is 0 Å². The molecule has 0 unspecified atom stereocenters. The number of esters is 1. The highest BCUT2D eigenvalue weighted by Gasteiger charge is 2.10. The van der Waals surface area contributed by atoms with Crippen LogP contribution in [0.4, 0.5) is 0 Å². The molecule has 1 aromatic carbocycles. The maximum Gasteiger partial charge on any atom is 0.311 e. The Labute approximate surface area is 140 Å². The van der Waals surface area contributed by atoms with E-state index in [4.69, 9.17) is 9.84 Å². The number of ether oxygens (including phenoxy) is 1. The van der Waals surface area contributed by atoms with Crippen LogP contribution >= 0.6 is 0 Å². The molecule has 2 N–H and O–H groups in total. The lowest BCUT2D eigenvalue weighted by Gasteiger charge is -2.13. The molecular weight excluding hydrogens is 308 g/mol. The third-order valence-electron chi connectivity index (χ3n) is 3.72. The van der Waals surface area contributed by atoms with Gasteiger partial charge in [-0.15, -0.1) is 6.58 Å². The fourth-order valence-corrected chi connectivity index (χ4v) is 2.44. The first-order valence-electron chi connectivity index (χ1n) is 7.81. The molecule has 2 aromatic rings. The van der Waals surface area contributed by atoms with Gasteiger partial charge in [0.1, 0.15) is 5.75 Å². The Morgan fingerprint density at radius 3 is 2.88 bits per heavy atom. The minimum absolute atomic E-state index is 0.139. The number of nitrogens with one attached hydrogen (secondary N) is 1. The first kappa shape index (κ1) is 17.7. The molecule has 2 rings (SSSR count). The van der Waals surface area contributed by atoms with E-state index >= 15 is 0 Å². The average molecular weight is 330 g/mol. The smallest absolute Gasteiger partial charge is 0.311 e. The Morgan fingerprint density at radius 2 is 2.17 bits per heavy atom. The molecule has 24 heavy (non-hydrogen) atoms. The van der Waals surface area contributed by atoms with E-state index in [2.05, 4.69) is 16.5 Å². The second kappa shape index (κ2) is 8.31. The highest BCUT2D eigenvalue weighted by Crippen LogP contribution is 2.24. The summed E-state index contributed by atoms with van der Waals surface area (Å²) in [5, 5.41) is 9.60. The Kier molecular flexibility index (Phi) is 6.14. The van der Waals surface area contributed by atoms with Crippen LogP contribution < -0.4 is 4.74 Å². The predicted octanol–water partition coefficient (Wildman–Crippen LogP) is 2.60. The molecule has 1 heterocycles. The van der Waals surface area contributed by atoms with Gasteiger partial charge in [-0.1, -0.05) is 6.08 Å². The van der Waals surface area contributed by atoms with Crippen molar-refractivity contribution in [3.63, 3.8) is 0 Å². The van der Waals surface area contributed by atoms with E-state index in [-0.39, 0.29) is 12.8 Å². The third kappa shape index (κ3) is 4.96. The van der Waals surface area contributed by atoms with E-state index in [1.54, 1.807) is 6.07 Å². The lowest BCUT2D eigenvalue weighted by molar-refractivity contribution is -0.142. The molecular formula is C18H22N2O4. The topological polar surface area (TPSA) is 82.6 Å². The van der Waals surface area contributed by atoms with Crippen LogP contribution in [0.2, 0.25) is 0 Å². The van der Waals surface area contributed by atoms with Crippen molar-refractivity contribution in [2.75, 3.05) is 20.1 Å². The highest BCUT2D eigenvalue weighted by molar-refractivity contribution is 5.86. The van der Waals surface area contributed by atoms with Crippen molar-refractivity contribution < 1.29 is 19.4 Å². The summed E-state index contributed by atoms with van der Waals surface area (Å²) < 4.78 is 5.22. The Balaban J connectivity index is 2.05. The number of hydrogen-bond donors (Lipinski definition) is 2. The quantitative estimate of drug-likeness (QED) is 0.419. The van der Waals surface area contributed by atoms with Gasteiger partial charge in [0.2, 0.25) is 0 Å². The first-order chi connectivity index (χ1) is 11.5. The number of aromatic nitrogens is 1. The molecule has 0 aliphatic carbocycles. The Bertz CT molecular complexity index is 736. The molecule has 0 amide bonds. The molecule has 128 valence electrons. The molecule has 0 atom stereocenters. The molecule has 6 nitrogen and oxygen atoms in total. The van der Waals surface area contributed by atoms with Crippen LogP contribution in [-0.4, -0.2) is 47.1 Å². The van der Waals surface area contributed by atoms with E-state index in [0.29, 0.717) is 5.75 Å². The SMILES string of the molecule is C=CCN(C)CCc1c[nH]c2ccc(OC(=O)CCC(=O)O)cc12.